The number of ether oxygens (including phenoxy) is 1. The first-order chi connectivity index (χ1) is 14.3. The number of fused-ring (bicyclic) bond motifs is 1. The fraction of sp³-hybridized carbons (Fsp3) is 0.389. The zero-order valence-corrected chi connectivity index (χ0v) is 17.5. The third-order valence-corrected chi connectivity index (χ3v) is 4.74. The largest absolute Gasteiger partial charge is 0.473 e. The monoisotopic (exact) mass is 464 g/mol. The van der Waals surface area contributed by atoms with E-state index in [0.717, 1.165) is 29.9 Å². The van der Waals surface area contributed by atoms with E-state index >= 15 is 8.78 Å². The predicted octanol–water partition coefficient (Wildman–Crippen LogP) is 4.42. The van der Waals surface area contributed by atoms with Gasteiger partial charge in [0.1, 0.15) is 40.7 Å². The van der Waals surface area contributed by atoms with Gasteiger partial charge in [-0.05, 0) is 27.8 Å². The van der Waals surface area contributed by atoms with Crippen LogP contribution < -0.4 is 15.4 Å². The van der Waals surface area contributed by atoms with Crippen LogP contribution in [0.15, 0.2) is 18.5 Å². The third-order valence-electron chi connectivity index (χ3n) is 4.47. The van der Waals surface area contributed by atoms with Crippen molar-refractivity contribution in [3.63, 3.8) is 0 Å². The van der Waals surface area contributed by atoms with Gasteiger partial charge >= 0.3 is 6.18 Å². The van der Waals surface area contributed by atoms with Crippen molar-refractivity contribution in [3.8, 4) is 16.9 Å². The summed E-state index contributed by atoms with van der Waals surface area (Å²) < 4.78 is 75.9. The highest BCUT2D eigenvalue weighted by molar-refractivity contribution is 6.33. The molecule has 0 fully saturated rings. The van der Waals surface area contributed by atoms with Gasteiger partial charge in [-0.3, -0.25) is 5.32 Å². The molecule has 0 amide bonds. The zero-order valence-electron chi connectivity index (χ0n) is 16.8. The lowest BCUT2D eigenvalue weighted by Gasteiger charge is -2.26. The van der Waals surface area contributed by atoms with Crippen LogP contribution in [0.25, 0.3) is 16.9 Å². The lowest BCUT2D eigenvalue weighted by Crippen LogP contribution is -2.42. The van der Waals surface area contributed by atoms with Crippen molar-refractivity contribution in [1.82, 2.24) is 24.9 Å². The smallest absolute Gasteiger partial charge is 0.408 e. The first kappa shape index (κ1) is 22.9. The molecule has 0 saturated carbocycles. The Morgan fingerprint density at radius 2 is 1.74 bits per heavy atom. The van der Waals surface area contributed by atoms with E-state index in [4.69, 9.17) is 16.3 Å². The van der Waals surface area contributed by atoms with Gasteiger partial charge in [-0.25, -0.2) is 8.78 Å². The second kappa shape index (κ2) is 8.08. The van der Waals surface area contributed by atoms with Crippen LogP contribution in [0.1, 0.15) is 20.8 Å². The molecule has 31 heavy (non-hydrogen) atoms. The lowest BCUT2D eigenvalue weighted by molar-refractivity contribution is -0.138. The predicted molar refractivity (Wildman–Crippen MR) is 104 cm³/mol. The van der Waals surface area contributed by atoms with E-state index in [1.165, 1.54) is 0 Å². The SMILES string of the molecule is CNC(C)(C)Oc1cc(F)c(-c2c(Cl)nc3ncnn3c2N[C@@H](C)C(F)(F)F)c(F)c1. The molecule has 1 atom stereocenters. The topological polar surface area (TPSA) is 76.4 Å². The minimum absolute atomic E-state index is 0.137. The van der Waals surface area contributed by atoms with Gasteiger partial charge in [0.25, 0.3) is 5.78 Å². The van der Waals surface area contributed by atoms with E-state index in [2.05, 4.69) is 25.7 Å². The van der Waals surface area contributed by atoms with Crippen LogP contribution in [0.2, 0.25) is 5.15 Å². The Bertz CT molecular complexity index is 1090. The summed E-state index contributed by atoms with van der Waals surface area (Å²) in [4.78, 5) is 7.65. The van der Waals surface area contributed by atoms with E-state index in [-0.39, 0.29) is 11.5 Å². The Balaban J connectivity index is 2.21. The molecule has 13 heteroatoms. The van der Waals surface area contributed by atoms with E-state index in [0.29, 0.717) is 0 Å². The van der Waals surface area contributed by atoms with Crippen molar-refractivity contribution in [1.29, 1.82) is 0 Å². The molecule has 7 nitrogen and oxygen atoms in total. The highest BCUT2D eigenvalue weighted by atomic mass is 35.5. The minimum Gasteiger partial charge on any atom is -0.473 e. The Morgan fingerprint density at radius 1 is 1.13 bits per heavy atom. The number of alkyl halides is 3. The van der Waals surface area contributed by atoms with Crippen LogP contribution in [0.3, 0.4) is 0 Å². The summed E-state index contributed by atoms with van der Waals surface area (Å²) >= 11 is 6.12. The molecule has 3 rings (SSSR count). The molecular formula is C18H18ClF5N6O. The lowest BCUT2D eigenvalue weighted by atomic mass is 10.1. The summed E-state index contributed by atoms with van der Waals surface area (Å²) in [6.45, 7) is 4.11. The van der Waals surface area contributed by atoms with Gasteiger partial charge in [0.05, 0.1) is 11.1 Å². The van der Waals surface area contributed by atoms with Crippen LogP contribution in [0.5, 0.6) is 5.75 Å². The molecule has 2 aromatic heterocycles. The number of aromatic nitrogens is 4. The molecule has 0 saturated heterocycles. The molecular weight excluding hydrogens is 447 g/mol. The molecule has 0 bridgehead atoms. The normalized spacial score (nSPS) is 13.5. The maximum atomic E-state index is 15.0. The Kier molecular flexibility index (Phi) is 5.98. The van der Waals surface area contributed by atoms with E-state index in [1.54, 1.807) is 20.9 Å². The first-order valence-electron chi connectivity index (χ1n) is 8.94. The summed E-state index contributed by atoms with van der Waals surface area (Å²) in [6.07, 6.45) is -3.64. The highest BCUT2D eigenvalue weighted by Crippen LogP contribution is 2.40. The van der Waals surface area contributed by atoms with Gasteiger partial charge in [0.15, 0.2) is 5.72 Å². The molecule has 3 aromatic rings. The maximum absolute atomic E-state index is 15.0. The molecule has 2 heterocycles. The average Bonchev–Trinajstić information content (AvgIpc) is 3.10. The van der Waals surface area contributed by atoms with Crippen molar-refractivity contribution in [2.75, 3.05) is 12.4 Å². The Morgan fingerprint density at radius 3 is 2.29 bits per heavy atom. The summed E-state index contributed by atoms with van der Waals surface area (Å²) in [6, 6.07) is -0.297. The second-order valence-corrected chi connectivity index (χ2v) is 7.49. The maximum Gasteiger partial charge on any atom is 0.408 e. The van der Waals surface area contributed by atoms with Gasteiger partial charge in [0.2, 0.25) is 0 Å². The molecule has 0 unspecified atom stereocenters. The number of benzene rings is 1. The van der Waals surface area contributed by atoms with Crippen LogP contribution >= 0.6 is 11.6 Å². The fourth-order valence-electron chi connectivity index (χ4n) is 2.65. The van der Waals surface area contributed by atoms with Crippen LogP contribution in [-0.2, 0) is 0 Å². The quantitative estimate of drug-likeness (QED) is 0.319. The minimum atomic E-state index is -4.66. The number of anilines is 1. The number of halogens is 6. The van der Waals surface area contributed by atoms with Gasteiger partial charge in [0, 0.05) is 12.1 Å². The molecule has 1 aromatic carbocycles. The number of hydrogen-bond donors (Lipinski definition) is 2. The number of rotatable bonds is 6. The van der Waals surface area contributed by atoms with Gasteiger partial charge in [-0.15, -0.1) is 0 Å². The van der Waals surface area contributed by atoms with Crippen molar-refractivity contribution in [2.24, 2.45) is 0 Å². The molecule has 0 aliphatic heterocycles. The van der Waals surface area contributed by atoms with E-state index in [1.807, 2.05) is 0 Å². The number of hydrogen-bond acceptors (Lipinski definition) is 6. The number of nitrogens with one attached hydrogen (secondary N) is 2. The summed E-state index contributed by atoms with van der Waals surface area (Å²) in [5, 5.41) is 8.32. The highest BCUT2D eigenvalue weighted by Gasteiger charge is 2.38. The molecule has 0 spiro atoms. The van der Waals surface area contributed by atoms with Crippen LogP contribution in [-0.4, -0.2) is 44.6 Å². The van der Waals surface area contributed by atoms with Crippen molar-refractivity contribution >= 4 is 23.2 Å². The fourth-order valence-corrected chi connectivity index (χ4v) is 2.91. The third kappa shape index (κ3) is 4.64. The Labute approximate surface area is 178 Å². The molecule has 0 radical (unpaired) electrons. The number of nitrogens with zero attached hydrogens (tertiary/aromatic N) is 4. The molecule has 0 aliphatic carbocycles. The molecule has 2 N–H and O–H groups in total. The van der Waals surface area contributed by atoms with Gasteiger partial charge in [-0.2, -0.15) is 32.8 Å². The van der Waals surface area contributed by atoms with E-state index in [9.17, 15) is 13.2 Å². The Hall–Kier alpha value is -2.73. The van der Waals surface area contributed by atoms with Crippen molar-refractivity contribution < 1.29 is 26.7 Å². The van der Waals surface area contributed by atoms with Crippen molar-refractivity contribution in [2.45, 2.75) is 38.7 Å². The van der Waals surface area contributed by atoms with E-state index < -0.39 is 51.7 Å². The average molecular weight is 465 g/mol. The van der Waals surface area contributed by atoms with Gasteiger partial charge < -0.3 is 10.1 Å². The molecule has 168 valence electrons. The summed E-state index contributed by atoms with van der Waals surface area (Å²) in [7, 11) is 1.60. The van der Waals surface area contributed by atoms with Gasteiger partial charge in [-0.1, -0.05) is 11.6 Å². The zero-order chi connectivity index (χ0) is 23.1. The summed E-state index contributed by atoms with van der Waals surface area (Å²) in [5.41, 5.74) is -2.07. The standard InChI is InChI=1S/C18H18ClF5N6O/c1-8(18(22,23)24)28-15-13(14(19)29-16-26-7-27-30(15)16)12-10(20)5-9(6-11(12)21)31-17(2,3)25-4/h5-8,25,28H,1-4H3/t8-/m0/s1. The van der Waals surface area contributed by atoms with Crippen molar-refractivity contribution in [3.05, 3.63) is 35.2 Å². The molecule has 0 aliphatic rings. The first-order valence-corrected chi connectivity index (χ1v) is 9.31. The van der Waals surface area contributed by atoms with Crippen LogP contribution in [0, 0.1) is 11.6 Å². The second-order valence-electron chi connectivity index (χ2n) is 7.13. The van der Waals surface area contributed by atoms with Crippen LogP contribution in [0.4, 0.5) is 27.8 Å². The summed E-state index contributed by atoms with van der Waals surface area (Å²) in [5.74, 6) is -2.94.